The topological polar surface area (TPSA) is 24.4 Å². The lowest BCUT2D eigenvalue weighted by molar-refractivity contribution is 0.566. The van der Waals surface area contributed by atoms with Crippen molar-refractivity contribution in [2.24, 2.45) is 16.8 Å². The molecule has 1 saturated carbocycles. The van der Waals surface area contributed by atoms with Gasteiger partial charge in [-0.15, -0.1) is 0 Å². The van der Waals surface area contributed by atoms with E-state index in [9.17, 15) is 0 Å². The Kier molecular flexibility index (Phi) is 5.22. The van der Waals surface area contributed by atoms with Gasteiger partial charge in [-0.1, -0.05) is 25.0 Å². The highest BCUT2D eigenvalue weighted by molar-refractivity contribution is 5.74. The average molecular weight is 284 g/mol. The van der Waals surface area contributed by atoms with E-state index < -0.39 is 0 Å². The first-order valence-corrected chi connectivity index (χ1v) is 8.00. The first-order valence-electron chi connectivity index (χ1n) is 8.00. The third kappa shape index (κ3) is 4.20. The van der Waals surface area contributed by atoms with Crippen molar-refractivity contribution in [3.05, 3.63) is 46.5 Å². The van der Waals surface area contributed by atoms with Crippen LogP contribution in [0.15, 0.2) is 51.5 Å². The molecule has 1 N–H and O–H groups in total. The molecule has 0 spiro atoms. The van der Waals surface area contributed by atoms with E-state index in [-0.39, 0.29) is 0 Å². The fourth-order valence-corrected chi connectivity index (χ4v) is 3.19. The number of hydrogen-bond acceptors (Lipinski definition) is 2. The second kappa shape index (κ2) is 6.93. The molecule has 0 bridgehead atoms. The Morgan fingerprint density at radius 1 is 1.24 bits per heavy atom. The quantitative estimate of drug-likeness (QED) is 0.764. The summed E-state index contributed by atoms with van der Waals surface area (Å²) in [7, 11) is 0. The molecule has 2 atom stereocenters. The molecule has 2 heteroatoms. The van der Waals surface area contributed by atoms with E-state index in [2.05, 4.69) is 51.0 Å². The normalized spacial score (nSPS) is 36.1. The zero-order chi connectivity index (χ0) is 15.4. The molecule has 0 saturated heterocycles. The van der Waals surface area contributed by atoms with Crippen LogP contribution in [0.5, 0.6) is 0 Å². The van der Waals surface area contributed by atoms with Crippen LogP contribution >= 0.6 is 0 Å². The Morgan fingerprint density at radius 2 is 2.00 bits per heavy atom. The van der Waals surface area contributed by atoms with Crippen molar-refractivity contribution in [3.63, 3.8) is 0 Å². The lowest BCUT2D eigenvalue weighted by Crippen LogP contribution is -2.16. The summed E-state index contributed by atoms with van der Waals surface area (Å²) >= 11 is 0. The number of nitrogens with zero attached hydrogens (tertiary/aromatic N) is 1. The number of nitrogens with one attached hydrogen (secondary N) is 1. The number of allylic oxidation sites excluding steroid dienone is 6. The molecule has 1 aliphatic carbocycles. The van der Waals surface area contributed by atoms with Gasteiger partial charge in [-0.3, -0.25) is 4.99 Å². The number of rotatable bonds is 3. The Labute approximate surface area is 129 Å². The highest BCUT2D eigenvalue weighted by Gasteiger charge is 2.23. The minimum absolute atomic E-state index is 0.746. The van der Waals surface area contributed by atoms with Crippen LogP contribution in [0.1, 0.15) is 53.9 Å². The SMILES string of the molecule is CC1=C/C=N/C=C(N/C(C)=C(/C)C2CCC(C)C2)\C(C)=C\1. The van der Waals surface area contributed by atoms with Crippen LogP contribution in [0.2, 0.25) is 0 Å². The van der Waals surface area contributed by atoms with Crippen LogP contribution < -0.4 is 5.32 Å². The highest BCUT2D eigenvalue weighted by Crippen LogP contribution is 2.36. The molecule has 1 fully saturated rings. The molecule has 1 aliphatic heterocycles. The van der Waals surface area contributed by atoms with Gasteiger partial charge in [0.15, 0.2) is 0 Å². The molecule has 1 heterocycles. The van der Waals surface area contributed by atoms with Crippen LogP contribution in [0.25, 0.3) is 0 Å². The molecule has 0 radical (unpaired) electrons. The zero-order valence-electron chi connectivity index (χ0n) is 14.0. The summed E-state index contributed by atoms with van der Waals surface area (Å²) in [5.74, 6) is 1.62. The summed E-state index contributed by atoms with van der Waals surface area (Å²) in [5, 5.41) is 3.58. The summed E-state index contributed by atoms with van der Waals surface area (Å²) < 4.78 is 0. The standard InChI is InChI=1S/C19H28N2/c1-13-6-7-18(11-13)16(4)17(5)21-19-12-20-9-8-14(2)10-15(19)3/h8-10,12-13,18,21H,6-7,11H2,1-5H3/b9-8?,14-8-,14-10?,15-10+,17-16-,19-12+,19-15?,20-9+,20-12?. The molecule has 21 heavy (non-hydrogen) atoms. The van der Waals surface area contributed by atoms with Crippen molar-refractivity contribution >= 4 is 6.21 Å². The Hall–Kier alpha value is -1.57. The lowest BCUT2D eigenvalue weighted by atomic mass is 9.96. The van der Waals surface area contributed by atoms with Gasteiger partial charge in [0, 0.05) is 11.9 Å². The predicted molar refractivity (Wildman–Crippen MR) is 92.1 cm³/mol. The van der Waals surface area contributed by atoms with E-state index >= 15 is 0 Å². The minimum Gasteiger partial charge on any atom is -0.358 e. The molecular weight excluding hydrogens is 256 g/mol. The van der Waals surface area contributed by atoms with Crippen LogP contribution in [0.3, 0.4) is 0 Å². The van der Waals surface area contributed by atoms with E-state index in [0.29, 0.717) is 0 Å². The molecule has 0 aromatic carbocycles. The van der Waals surface area contributed by atoms with Gasteiger partial charge in [0.25, 0.3) is 0 Å². The van der Waals surface area contributed by atoms with E-state index in [4.69, 9.17) is 0 Å². The summed E-state index contributed by atoms with van der Waals surface area (Å²) in [4.78, 5) is 4.35. The number of hydrogen-bond donors (Lipinski definition) is 1. The zero-order valence-corrected chi connectivity index (χ0v) is 14.0. The van der Waals surface area contributed by atoms with E-state index in [0.717, 1.165) is 17.5 Å². The first-order chi connectivity index (χ1) is 9.97. The lowest BCUT2D eigenvalue weighted by Gasteiger charge is -2.18. The molecule has 0 amide bonds. The van der Waals surface area contributed by atoms with Gasteiger partial charge >= 0.3 is 0 Å². The molecule has 2 aliphatic rings. The van der Waals surface area contributed by atoms with Crippen LogP contribution in [0, 0.1) is 11.8 Å². The monoisotopic (exact) mass is 284 g/mol. The maximum absolute atomic E-state index is 4.35. The Balaban J connectivity index is 2.14. The van der Waals surface area contributed by atoms with Gasteiger partial charge in [0.2, 0.25) is 0 Å². The molecule has 2 unspecified atom stereocenters. The summed E-state index contributed by atoms with van der Waals surface area (Å²) in [6.45, 7) is 11.1. The summed E-state index contributed by atoms with van der Waals surface area (Å²) in [5.41, 5.74) is 6.35. The molecule has 2 nitrogen and oxygen atoms in total. The van der Waals surface area contributed by atoms with E-state index in [1.54, 1.807) is 0 Å². The van der Waals surface area contributed by atoms with Crippen molar-refractivity contribution < 1.29 is 0 Å². The third-order valence-corrected chi connectivity index (χ3v) is 4.72. The van der Waals surface area contributed by atoms with Crippen molar-refractivity contribution in [1.82, 2.24) is 5.32 Å². The van der Waals surface area contributed by atoms with Crippen molar-refractivity contribution in [2.45, 2.75) is 53.9 Å². The van der Waals surface area contributed by atoms with Crippen LogP contribution in [-0.2, 0) is 0 Å². The highest BCUT2D eigenvalue weighted by atomic mass is 14.9. The van der Waals surface area contributed by atoms with E-state index in [1.165, 1.54) is 41.7 Å². The van der Waals surface area contributed by atoms with Gasteiger partial charge < -0.3 is 5.32 Å². The van der Waals surface area contributed by atoms with E-state index in [1.807, 2.05) is 18.5 Å². The summed E-state index contributed by atoms with van der Waals surface area (Å²) in [6.07, 6.45) is 12.0. The van der Waals surface area contributed by atoms with Gasteiger partial charge in [-0.05, 0) is 69.6 Å². The Bertz CT molecular complexity index is 544. The second-order valence-electron chi connectivity index (χ2n) is 6.63. The fourth-order valence-electron chi connectivity index (χ4n) is 3.19. The smallest absolute Gasteiger partial charge is 0.0597 e. The fraction of sp³-hybridized carbons (Fsp3) is 0.526. The molecule has 0 aromatic rings. The molecule has 114 valence electrons. The predicted octanol–water partition coefficient (Wildman–Crippen LogP) is 5.12. The summed E-state index contributed by atoms with van der Waals surface area (Å²) in [6, 6.07) is 0. The Morgan fingerprint density at radius 3 is 2.67 bits per heavy atom. The second-order valence-corrected chi connectivity index (χ2v) is 6.63. The largest absolute Gasteiger partial charge is 0.358 e. The van der Waals surface area contributed by atoms with Crippen LogP contribution in [0.4, 0.5) is 0 Å². The van der Waals surface area contributed by atoms with Crippen molar-refractivity contribution in [1.29, 1.82) is 0 Å². The average Bonchev–Trinajstić information content (AvgIpc) is 2.86. The third-order valence-electron chi connectivity index (χ3n) is 4.72. The first kappa shape index (κ1) is 15.8. The molecule has 0 aromatic heterocycles. The maximum atomic E-state index is 4.35. The molecular formula is C19H28N2. The van der Waals surface area contributed by atoms with Gasteiger partial charge in [0.05, 0.1) is 11.9 Å². The van der Waals surface area contributed by atoms with Crippen molar-refractivity contribution in [2.75, 3.05) is 0 Å². The molecule has 2 rings (SSSR count). The van der Waals surface area contributed by atoms with Gasteiger partial charge in [-0.2, -0.15) is 0 Å². The maximum Gasteiger partial charge on any atom is 0.0597 e. The van der Waals surface area contributed by atoms with Gasteiger partial charge in [-0.25, -0.2) is 0 Å². The van der Waals surface area contributed by atoms with Crippen LogP contribution in [-0.4, -0.2) is 6.21 Å². The number of aliphatic imine (C=N–C) groups is 1. The van der Waals surface area contributed by atoms with Crippen molar-refractivity contribution in [3.8, 4) is 0 Å². The minimum atomic E-state index is 0.746. The van der Waals surface area contributed by atoms with Gasteiger partial charge in [0.1, 0.15) is 0 Å².